The normalized spacial score (nSPS) is 11.7. The van der Waals surface area contributed by atoms with E-state index in [9.17, 15) is 13.2 Å². The molecule has 0 bridgehead atoms. The first kappa shape index (κ1) is 16.6. The van der Waals surface area contributed by atoms with Crippen molar-refractivity contribution in [3.05, 3.63) is 83.4 Å². The molecule has 0 aliphatic heterocycles. The maximum Gasteiger partial charge on any atom is 0.245 e. The molecule has 130 valence electrons. The molecule has 4 aromatic rings. The van der Waals surface area contributed by atoms with Gasteiger partial charge in [0.05, 0.1) is 11.2 Å². The Labute approximate surface area is 154 Å². The molecule has 2 aromatic carbocycles. The summed E-state index contributed by atoms with van der Waals surface area (Å²) >= 11 is 6.02. The lowest BCUT2D eigenvalue weighted by Crippen LogP contribution is -2.09. The molecule has 0 aliphatic carbocycles. The molecule has 0 aliphatic rings. The highest BCUT2D eigenvalue weighted by molar-refractivity contribution is 7.91. The molecule has 0 radical (unpaired) electrons. The van der Waals surface area contributed by atoms with Crippen LogP contribution in [0.1, 0.15) is 16.2 Å². The van der Waals surface area contributed by atoms with Crippen molar-refractivity contribution in [3.8, 4) is 0 Å². The number of furan rings is 1. The number of benzene rings is 2. The fourth-order valence-electron chi connectivity index (χ4n) is 2.83. The first-order valence-corrected chi connectivity index (χ1v) is 9.54. The van der Waals surface area contributed by atoms with Gasteiger partial charge in [-0.3, -0.25) is 4.79 Å². The van der Waals surface area contributed by atoms with Crippen LogP contribution in [0.2, 0.25) is 5.02 Å². The van der Waals surface area contributed by atoms with Crippen LogP contribution in [0.15, 0.2) is 81.1 Å². The number of fused-ring (bicyclic) bond motifs is 1. The number of rotatable bonds is 4. The quantitative estimate of drug-likeness (QED) is 0.525. The third-order valence-corrected chi connectivity index (χ3v) is 6.10. The number of sulfone groups is 1. The van der Waals surface area contributed by atoms with Crippen LogP contribution < -0.4 is 0 Å². The number of H-pyrrole nitrogens is 1. The summed E-state index contributed by atoms with van der Waals surface area (Å²) in [6, 6.07) is 15.8. The van der Waals surface area contributed by atoms with Gasteiger partial charge in [-0.1, -0.05) is 35.9 Å². The van der Waals surface area contributed by atoms with Crippen molar-refractivity contribution < 1.29 is 17.6 Å². The Hall–Kier alpha value is -2.83. The van der Waals surface area contributed by atoms with E-state index in [2.05, 4.69) is 4.98 Å². The number of aromatic amines is 1. The highest BCUT2D eigenvalue weighted by atomic mass is 35.5. The monoisotopic (exact) mass is 385 g/mol. The lowest BCUT2D eigenvalue weighted by Gasteiger charge is -2.06. The van der Waals surface area contributed by atoms with Gasteiger partial charge >= 0.3 is 0 Å². The van der Waals surface area contributed by atoms with Crippen LogP contribution in [0.4, 0.5) is 0 Å². The summed E-state index contributed by atoms with van der Waals surface area (Å²) < 4.78 is 31.7. The summed E-state index contributed by atoms with van der Waals surface area (Å²) in [6.07, 6.45) is 1.36. The van der Waals surface area contributed by atoms with Gasteiger partial charge in [0, 0.05) is 15.9 Å². The number of hydrogen-bond donors (Lipinski definition) is 1. The van der Waals surface area contributed by atoms with Gasteiger partial charge in [-0.2, -0.15) is 0 Å². The van der Waals surface area contributed by atoms with E-state index in [4.69, 9.17) is 16.0 Å². The molecule has 0 unspecified atom stereocenters. The predicted octanol–water partition coefficient (Wildman–Crippen LogP) is 4.48. The first-order valence-electron chi connectivity index (χ1n) is 7.68. The van der Waals surface area contributed by atoms with Crippen LogP contribution in [0.3, 0.4) is 0 Å². The van der Waals surface area contributed by atoms with Crippen LogP contribution in [0, 0.1) is 0 Å². The van der Waals surface area contributed by atoms with Crippen molar-refractivity contribution in [3.63, 3.8) is 0 Å². The number of halogens is 1. The number of carbonyl (C=O) groups excluding carboxylic acids is 1. The Kier molecular flexibility index (Phi) is 3.94. The van der Waals surface area contributed by atoms with E-state index in [-0.39, 0.29) is 21.2 Å². The fourth-order valence-corrected chi connectivity index (χ4v) is 4.63. The van der Waals surface area contributed by atoms with Crippen LogP contribution in [-0.4, -0.2) is 19.2 Å². The predicted molar refractivity (Wildman–Crippen MR) is 97.3 cm³/mol. The molecule has 5 nitrogen and oxygen atoms in total. The van der Waals surface area contributed by atoms with Gasteiger partial charge in [-0.25, -0.2) is 8.42 Å². The molecule has 1 N–H and O–H groups in total. The largest absolute Gasteiger partial charge is 0.461 e. The maximum absolute atomic E-state index is 13.3. The average Bonchev–Trinajstić information content (AvgIpc) is 3.29. The molecule has 0 saturated heterocycles. The van der Waals surface area contributed by atoms with Crippen molar-refractivity contribution in [1.82, 2.24) is 4.98 Å². The van der Waals surface area contributed by atoms with Crippen LogP contribution in [0.25, 0.3) is 10.9 Å². The fraction of sp³-hybridized carbons (Fsp3) is 0. The van der Waals surface area contributed by atoms with E-state index in [0.717, 1.165) is 0 Å². The van der Waals surface area contributed by atoms with Gasteiger partial charge in [-0.05, 0) is 36.4 Å². The van der Waals surface area contributed by atoms with E-state index in [0.29, 0.717) is 15.9 Å². The van der Waals surface area contributed by atoms with Gasteiger partial charge < -0.3 is 9.40 Å². The molecular formula is C19H12ClNO4S. The highest BCUT2D eigenvalue weighted by Gasteiger charge is 2.30. The third-order valence-electron chi connectivity index (χ3n) is 4.01. The summed E-state index contributed by atoms with van der Waals surface area (Å²) in [4.78, 5) is 15.7. The van der Waals surface area contributed by atoms with Gasteiger partial charge in [0.15, 0.2) is 5.76 Å². The Balaban J connectivity index is 2.04. The Morgan fingerprint density at radius 2 is 1.77 bits per heavy atom. The lowest BCUT2D eigenvalue weighted by atomic mass is 10.2. The summed E-state index contributed by atoms with van der Waals surface area (Å²) in [5.41, 5.74) is 0.406. The highest BCUT2D eigenvalue weighted by Crippen LogP contribution is 2.34. The van der Waals surface area contributed by atoms with Crippen molar-refractivity contribution in [1.29, 1.82) is 0 Å². The van der Waals surface area contributed by atoms with Crippen LogP contribution in [-0.2, 0) is 9.84 Å². The molecule has 2 aromatic heterocycles. The van der Waals surface area contributed by atoms with E-state index < -0.39 is 15.6 Å². The maximum atomic E-state index is 13.3. The Bertz CT molecular complexity index is 1210. The summed E-state index contributed by atoms with van der Waals surface area (Å²) in [5, 5.41) is 0.826. The zero-order valence-corrected chi connectivity index (χ0v) is 14.8. The third kappa shape index (κ3) is 2.64. The van der Waals surface area contributed by atoms with E-state index in [1.807, 2.05) is 0 Å². The first-order chi connectivity index (χ1) is 12.5. The number of ketones is 1. The molecule has 0 spiro atoms. The average molecular weight is 386 g/mol. The standard InChI is InChI=1S/C19H12ClNO4S/c20-12-8-9-14-15(11-12)21-17(18(22)16-7-4-10-25-16)19(14)26(23,24)13-5-2-1-3-6-13/h1-11,21H. The number of hydrogen-bond acceptors (Lipinski definition) is 4. The second-order valence-corrected chi connectivity index (χ2v) is 7.96. The van der Waals surface area contributed by atoms with E-state index in [1.165, 1.54) is 24.5 Å². The molecule has 0 fully saturated rings. The van der Waals surface area contributed by atoms with Gasteiger partial charge in [0.25, 0.3) is 0 Å². The minimum absolute atomic E-state index is 0.0483. The molecule has 7 heteroatoms. The van der Waals surface area contributed by atoms with Crippen molar-refractivity contribution in [2.75, 3.05) is 0 Å². The van der Waals surface area contributed by atoms with E-state index >= 15 is 0 Å². The second-order valence-electron chi connectivity index (χ2n) is 5.64. The molecule has 0 amide bonds. The SMILES string of the molecule is O=C(c1ccco1)c1[nH]c2cc(Cl)ccc2c1S(=O)(=O)c1ccccc1. The topological polar surface area (TPSA) is 80.1 Å². The molecule has 0 atom stereocenters. The van der Waals surface area contributed by atoms with Crippen molar-refractivity contribution >= 4 is 38.1 Å². The zero-order valence-electron chi connectivity index (χ0n) is 13.3. The van der Waals surface area contributed by atoms with Crippen LogP contribution in [0.5, 0.6) is 0 Å². The van der Waals surface area contributed by atoms with Gasteiger partial charge in [0.1, 0.15) is 10.6 Å². The van der Waals surface area contributed by atoms with Crippen molar-refractivity contribution in [2.24, 2.45) is 0 Å². The second kappa shape index (κ2) is 6.16. The molecular weight excluding hydrogens is 374 g/mol. The zero-order chi connectivity index (χ0) is 18.3. The van der Waals surface area contributed by atoms with Gasteiger partial charge in [-0.15, -0.1) is 0 Å². The van der Waals surface area contributed by atoms with E-state index in [1.54, 1.807) is 42.5 Å². The molecule has 4 rings (SSSR count). The summed E-state index contributed by atoms with van der Waals surface area (Å²) in [6.45, 7) is 0. The molecule has 0 saturated carbocycles. The Morgan fingerprint density at radius 3 is 2.46 bits per heavy atom. The summed E-state index contributed by atoms with van der Waals surface area (Å²) in [5.74, 6) is -0.496. The Morgan fingerprint density at radius 1 is 1.00 bits per heavy atom. The number of nitrogens with one attached hydrogen (secondary N) is 1. The smallest absolute Gasteiger partial charge is 0.245 e. The molecule has 2 heterocycles. The van der Waals surface area contributed by atoms with Crippen LogP contribution >= 0.6 is 11.6 Å². The van der Waals surface area contributed by atoms with Gasteiger partial charge in [0.2, 0.25) is 15.6 Å². The minimum atomic E-state index is -3.94. The number of carbonyl (C=O) groups is 1. The van der Waals surface area contributed by atoms with Crippen molar-refractivity contribution in [2.45, 2.75) is 9.79 Å². The lowest BCUT2D eigenvalue weighted by molar-refractivity contribution is 0.100. The molecule has 26 heavy (non-hydrogen) atoms. The summed E-state index contributed by atoms with van der Waals surface area (Å²) in [7, 11) is -3.94. The minimum Gasteiger partial charge on any atom is -0.461 e. The number of aromatic nitrogens is 1.